The van der Waals surface area contributed by atoms with Crippen LogP contribution in [-0.2, 0) is 16.0 Å². The van der Waals surface area contributed by atoms with E-state index in [4.69, 9.17) is 0 Å². The summed E-state index contributed by atoms with van der Waals surface area (Å²) in [7, 11) is 0. The molecule has 188 valence electrons. The number of carboxylic acids is 1. The van der Waals surface area contributed by atoms with Crippen molar-refractivity contribution in [2.24, 2.45) is 5.41 Å². The number of hydrogen-bond donors (Lipinski definition) is 4. The number of aliphatic hydroxyl groups is 1. The van der Waals surface area contributed by atoms with Gasteiger partial charge in [-0.3, -0.25) is 9.59 Å². The number of aliphatic hydroxyl groups excluding tert-OH is 1. The minimum absolute atomic E-state index is 0.0390. The van der Waals surface area contributed by atoms with E-state index in [0.29, 0.717) is 10.5 Å². The van der Waals surface area contributed by atoms with Crippen LogP contribution < -0.4 is 5.32 Å². The third kappa shape index (κ3) is 4.97. The van der Waals surface area contributed by atoms with Crippen molar-refractivity contribution in [3.8, 4) is 5.75 Å². The zero-order valence-corrected chi connectivity index (χ0v) is 19.5. The van der Waals surface area contributed by atoms with Gasteiger partial charge in [-0.15, -0.1) is 0 Å². The number of phenols is 1. The fraction of sp³-hybridized carbons (Fsp3) is 0.400. The lowest BCUT2D eigenvalue weighted by atomic mass is 9.81. The van der Waals surface area contributed by atoms with Crippen LogP contribution in [0.15, 0.2) is 48.5 Å². The number of phenolic OH excluding ortho intramolecular Hbond substituents is 1. The molecular weight excluding hydrogens is 462 g/mol. The molecule has 4 N–H and O–H groups in total. The topological polar surface area (TPSA) is 127 Å². The average Bonchev–Trinajstić information content (AvgIpc) is 2.98. The monoisotopic (exact) mass is 490 g/mol. The summed E-state index contributed by atoms with van der Waals surface area (Å²) in [6.07, 6.45) is -2.05. The molecule has 0 aromatic heterocycles. The number of hydrogen-bond acceptors (Lipinski definition) is 5. The number of aromatic hydroxyl groups is 1. The molecule has 2 amide bonds. The summed E-state index contributed by atoms with van der Waals surface area (Å²) in [5.74, 6) is -7.18. The van der Waals surface area contributed by atoms with Crippen LogP contribution >= 0.6 is 0 Å². The molecule has 1 aliphatic heterocycles. The van der Waals surface area contributed by atoms with Crippen molar-refractivity contribution in [1.29, 1.82) is 0 Å². The Morgan fingerprint density at radius 1 is 1.11 bits per heavy atom. The highest BCUT2D eigenvalue weighted by atomic mass is 19.3. The van der Waals surface area contributed by atoms with Crippen molar-refractivity contribution < 1.29 is 38.5 Å². The zero-order valence-electron chi connectivity index (χ0n) is 19.5. The highest BCUT2D eigenvalue weighted by Gasteiger charge is 2.65. The molecule has 10 heteroatoms. The highest BCUT2D eigenvalue weighted by molar-refractivity contribution is 5.97. The Hall–Kier alpha value is -3.53. The first kappa shape index (κ1) is 26.1. The first-order valence-electron chi connectivity index (χ1n) is 11.0. The quantitative estimate of drug-likeness (QED) is 0.472. The molecule has 1 heterocycles. The van der Waals surface area contributed by atoms with Gasteiger partial charge in [0.2, 0.25) is 0 Å². The van der Waals surface area contributed by atoms with Crippen molar-refractivity contribution in [3.63, 3.8) is 0 Å². The largest absolute Gasteiger partial charge is 0.508 e. The summed E-state index contributed by atoms with van der Waals surface area (Å²) < 4.78 is 29.3. The normalized spacial score (nSPS) is 20.2. The summed E-state index contributed by atoms with van der Waals surface area (Å²) >= 11 is 0. The van der Waals surface area contributed by atoms with Crippen LogP contribution in [0.3, 0.4) is 0 Å². The molecule has 3 atom stereocenters. The predicted octanol–water partition coefficient (Wildman–Crippen LogP) is 2.36. The van der Waals surface area contributed by atoms with Gasteiger partial charge in [-0.25, -0.2) is 13.6 Å². The van der Waals surface area contributed by atoms with Crippen LogP contribution in [0.4, 0.5) is 8.78 Å². The van der Waals surface area contributed by atoms with Gasteiger partial charge in [0.25, 0.3) is 17.7 Å². The number of amides is 2. The molecule has 3 rings (SSSR count). The molecule has 8 nitrogen and oxygen atoms in total. The van der Waals surface area contributed by atoms with Crippen LogP contribution in [0.2, 0.25) is 0 Å². The Bertz CT molecular complexity index is 1120. The van der Waals surface area contributed by atoms with Crippen LogP contribution in [0.5, 0.6) is 5.75 Å². The van der Waals surface area contributed by atoms with E-state index < -0.39 is 53.9 Å². The number of carbonyl (C=O) groups excluding carboxylic acids is 2. The van der Waals surface area contributed by atoms with Crippen LogP contribution in [0.1, 0.15) is 35.3 Å². The zero-order chi connectivity index (χ0) is 26.1. The second kappa shape index (κ2) is 9.61. The number of alkyl halides is 2. The minimum atomic E-state index is -3.51. The molecule has 2 unspecified atom stereocenters. The van der Waals surface area contributed by atoms with E-state index in [0.717, 1.165) is 13.8 Å². The molecule has 0 bridgehead atoms. The van der Waals surface area contributed by atoms with Gasteiger partial charge in [0, 0.05) is 11.1 Å². The van der Waals surface area contributed by atoms with E-state index in [2.05, 4.69) is 5.32 Å². The molecule has 35 heavy (non-hydrogen) atoms. The number of carbonyl (C=O) groups is 3. The molecule has 0 aliphatic carbocycles. The molecule has 1 aliphatic rings. The fourth-order valence-electron chi connectivity index (χ4n) is 4.31. The predicted molar refractivity (Wildman–Crippen MR) is 122 cm³/mol. The molecular formula is C25H28F2N2O6. The van der Waals surface area contributed by atoms with Gasteiger partial charge >= 0.3 is 5.97 Å². The second-order valence-electron chi connectivity index (χ2n) is 9.30. The Kier molecular flexibility index (Phi) is 7.16. The van der Waals surface area contributed by atoms with Crippen molar-refractivity contribution in [2.45, 2.75) is 51.3 Å². The SMILES string of the molecule is Cc1c(O)cccc1C(=O)NC(Cc1ccccc1)[C@H](O)C(=O)N1CC(F)(F)C(C)(C)C1C(=O)O. The number of carboxylic acid groups (broad SMARTS) is 1. The van der Waals surface area contributed by atoms with Crippen molar-refractivity contribution in [3.05, 3.63) is 65.2 Å². The third-order valence-electron chi connectivity index (χ3n) is 6.62. The van der Waals surface area contributed by atoms with E-state index in [9.17, 15) is 38.5 Å². The van der Waals surface area contributed by atoms with Gasteiger partial charge in [0.05, 0.1) is 18.0 Å². The Labute approximate surface area is 201 Å². The fourth-order valence-corrected chi connectivity index (χ4v) is 4.31. The lowest BCUT2D eigenvalue weighted by Crippen LogP contribution is -2.56. The average molecular weight is 491 g/mol. The molecule has 0 radical (unpaired) electrons. The van der Waals surface area contributed by atoms with Crippen molar-refractivity contribution >= 4 is 17.8 Å². The first-order valence-corrected chi connectivity index (χ1v) is 11.0. The Balaban J connectivity index is 1.93. The van der Waals surface area contributed by atoms with E-state index in [1.807, 2.05) is 0 Å². The molecule has 0 spiro atoms. The standard InChI is InChI=1S/C25H28F2N2O6/c1-14-16(10-7-11-18(14)30)21(32)28-17(12-15-8-5-4-6-9-15)19(31)22(33)29-13-25(26,27)24(2,3)20(29)23(34)35/h4-11,17,19-20,30-31H,12-13H2,1-3H3,(H,28,32)(H,34,35)/t17?,19-,20?/m0/s1. The maximum atomic E-state index is 14.6. The number of rotatable bonds is 7. The number of halogens is 2. The Morgan fingerprint density at radius 2 is 1.74 bits per heavy atom. The summed E-state index contributed by atoms with van der Waals surface area (Å²) in [5.41, 5.74) is -1.07. The summed E-state index contributed by atoms with van der Waals surface area (Å²) in [6.45, 7) is 2.45. The number of aliphatic carboxylic acids is 1. The first-order chi connectivity index (χ1) is 16.3. The lowest BCUT2D eigenvalue weighted by molar-refractivity contribution is -0.156. The van der Waals surface area contributed by atoms with Crippen LogP contribution in [-0.4, -0.2) is 68.7 Å². The molecule has 0 saturated carbocycles. The van der Waals surface area contributed by atoms with Crippen LogP contribution in [0.25, 0.3) is 0 Å². The van der Waals surface area contributed by atoms with Gasteiger partial charge < -0.3 is 25.5 Å². The highest BCUT2D eigenvalue weighted by Crippen LogP contribution is 2.48. The smallest absolute Gasteiger partial charge is 0.327 e. The van der Waals surface area contributed by atoms with Gasteiger partial charge in [-0.05, 0) is 31.0 Å². The summed E-state index contributed by atoms with van der Waals surface area (Å²) in [5, 5.41) is 33.0. The summed E-state index contributed by atoms with van der Waals surface area (Å²) in [4.78, 5) is 38.5. The van der Waals surface area contributed by atoms with Gasteiger partial charge in [-0.1, -0.05) is 50.2 Å². The number of nitrogens with one attached hydrogen (secondary N) is 1. The molecule has 1 fully saturated rings. The Morgan fingerprint density at radius 3 is 2.34 bits per heavy atom. The van der Waals surface area contributed by atoms with E-state index in [1.54, 1.807) is 30.3 Å². The van der Waals surface area contributed by atoms with Gasteiger partial charge in [-0.2, -0.15) is 0 Å². The van der Waals surface area contributed by atoms with Gasteiger partial charge in [0.1, 0.15) is 11.8 Å². The van der Waals surface area contributed by atoms with Crippen molar-refractivity contribution in [2.75, 3.05) is 6.54 Å². The second-order valence-corrected chi connectivity index (χ2v) is 9.30. The van der Waals surface area contributed by atoms with Crippen LogP contribution in [0, 0.1) is 12.3 Å². The number of benzene rings is 2. The van der Waals surface area contributed by atoms with E-state index in [-0.39, 0.29) is 23.3 Å². The van der Waals surface area contributed by atoms with E-state index >= 15 is 0 Å². The molecule has 2 aromatic carbocycles. The minimum Gasteiger partial charge on any atom is -0.508 e. The van der Waals surface area contributed by atoms with Gasteiger partial charge in [0.15, 0.2) is 6.10 Å². The molecule has 1 saturated heterocycles. The number of nitrogens with zero attached hydrogens (tertiary/aromatic N) is 1. The maximum Gasteiger partial charge on any atom is 0.327 e. The van der Waals surface area contributed by atoms with Crippen molar-refractivity contribution in [1.82, 2.24) is 10.2 Å². The summed E-state index contributed by atoms with van der Waals surface area (Å²) in [6, 6.07) is 9.73. The lowest BCUT2D eigenvalue weighted by Gasteiger charge is -2.32. The molecule has 2 aromatic rings. The number of likely N-dealkylation sites (tertiary alicyclic amines) is 1. The third-order valence-corrected chi connectivity index (χ3v) is 6.62. The maximum absolute atomic E-state index is 14.6. The van der Waals surface area contributed by atoms with E-state index in [1.165, 1.54) is 25.1 Å².